The zero-order valence-electron chi connectivity index (χ0n) is 6.92. The van der Waals surface area contributed by atoms with Crippen LogP contribution in [0.25, 0.3) is 0 Å². The van der Waals surface area contributed by atoms with Crippen LogP contribution in [0, 0.1) is 5.41 Å². The number of rotatable bonds is 3. The molecule has 0 aromatic heterocycles. The van der Waals surface area contributed by atoms with Crippen LogP contribution in [0.4, 0.5) is 0 Å². The van der Waals surface area contributed by atoms with Gasteiger partial charge in [0.25, 0.3) is 0 Å². The van der Waals surface area contributed by atoms with Crippen molar-refractivity contribution in [1.29, 1.82) is 0 Å². The number of aliphatic carboxylic acids is 1. The monoisotopic (exact) mass is 161 g/mol. The van der Waals surface area contributed by atoms with Crippen LogP contribution in [0.1, 0.15) is 20.8 Å². The van der Waals surface area contributed by atoms with Crippen LogP contribution in [0.3, 0.4) is 0 Å². The van der Waals surface area contributed by atoms with Gasteiger partial charge in [0.2, 0.25) is 0 Å². The average molecular weight is 161 g/mol. The number of carboxylic acids is 1. The van der Waals surface area contributed by atoms with Crippen molar-refractivity contribution in [1.82, 2.24) is 0 Å². The van der Waals surface area contributed by atoms with E-state index >= 15 is 0 Å². The van der Waals surface area contributed by atoms with Gasteiger partial charge in [-0.05, 0) is 6.92 Å². The van der Waals surface area contributed by atoms with Crippen molar-refractivity contribution >= 4 is 5.97 Å². The lowest BCUT2D eigenvalue weighted by Crippen LogP contribution is -2.56. The molecule has 66 valence electrons. The molecule has 0 bridgehead atoms. The Morgan fingerprint density at radius 2 is 1.82 bits per heavy atom. The Balaban J connectivity index is 4.67. The van der Waals surface area contributed by atoms with Gasteiger partial charge in [0.1, 0.15) is 5.60 Å². The van der Waals surface area contributed by atoms with Crippen molar-refractivity contribution in [3.8, 4) is 0 Å². The Morgan fingerprint density at radius 1 is 1.45 bits per heavy atom. The van der Waals surface area contributed by atoms with Crippen molar-refractivity contribution in [2.24, 2.45) is 5.41 Å². The van der Waals surface area contributed by atoms with Gasteiger partial charge in [0, 0.05) is 5.41 Å². The van der Waals surface area contributed by atoms with Gasteiger partial charge in [0.15, 0.2) is 0 Å². The molecule has 0 rings (SSSR count). The number of hydrogen-bond acceptors (Lipinski definition) is 4. The fraction of sp³-hybridized carbons (Fsp3) is 0.857. The first-order valence-corrected chi connectivity index (χ1v) is 3.30. The summed E-state index contributed by atoms with van der Waals surface area (Å²) >= 11 is 0. The van der Waals surface area contributed by atoms with Crippen LogP contribution in [-0.4, -0.2) is 28.4 Å². The third-order valence-electron chi connectivity index (χ3n) is 2.11. The Labute approximate surface area is 65.5 Å². The van der Waals surface area contributed by atoms with Crippen molar-refractivity contribution in [2.45, 2.75) is 26.4 Å². The van der Waals surface area contributed by atoms with E-state index < -0.39 is 23.6 Å². The minimum Gasteiger partial charge on any atom is -0.547 e. The summed E-state index contributed by atoms with van der Waals surface area (Å²) in [6, 6.07) is 0. The minimum absolute atomic E-state index is 0.409. The van der Waals surface area contributed by atoms with Gasteiger partial charge in [0.05, 0.1) is 12.6 Å². The lowest BCUT2D eigenvalue weighted by atomic mass is 9.77. The fourth-order valence-electron chi connectivity index (χ4n) is 0.430. The average Bonchev–Trinajstić information content (AvgIpc) is 1.87. The zero-order valence-corrected chi connectivity index (χ0v) is 6.92. The molecule has 4 heteroatoms. The van der Waals surface area contributed by atoms with Crippen molar-refractivity contribution in [3.63, 3.8) is 0 Å². The molecule has 1 unspecified atom stereocenters. The second-order valence-corrected chi connectivity index (χ2v) is 3.40. The molecule has 0 heterocycles. The third-order valence-corrected chi connectivity index (χ3v) is 2.11. The van der Waals surface area contributed by atoms with E-state index in [1.807, 2.05) is 0 Å². The van der Waals surface area contributed by atoms with E-state index in [4.69, 9.17) is 5.11 Å². The Morgan fingerprint density at radius 3 is 1.91 bits per heavy atom. The third kappa shape index (κ3) is 1.70. The molecule has 0 fully saturated rings. The molecule has 4 nitrogen and oxygen atoms in total. The summed E-state index contributed by atoms with van der Waals surface area (Å²) in [6.45, 7) is 3.60. The van der Waals surface area contributed by atoms with E-state index in [1.54, 1.807) is 0 Å². The van der Waals surface area contributed by atoms with E-state index in [2.05, 4.69) is 0 Å². The first-order valence-electron chi connectivity index (χ1n) is 3.30. The number of aliphatic hydroxyl groups excluding tert-OH is 1. The SMILES string of the molecule is CC(C)(CO)C(C)(O)C(=O)[O-]. The quantitative estimate of drug-likeness (QED) is 0.528. The predicted octanol–water partition coefficient (Wildman–Crippen LogP) is -1.49. The first kappa shape index (κ1) is 10.4. The highest BCUT2D eigenvalue weighted by Gasteiger charge is 2.40. The number of aliphatic hydroxyl groups is 2. The first-order chi connectivity index (χ1) is 4.75. The normalized spacial score (nSPS) is 17.5. The van der Waals surface area contributed by atoms with Crippen LogP contribution in [0.2, 0.25) is 0 Å². The highest BCUT2D eigenvalue weighted by molar-refractivity contribution is 5.75. The molecule has 0 spiro atoms. The largest absolute Gasteiger partial charge is 0.547 e. The van der Waals surface area contributed by atoms with E-state index in [9.17, 15) is 15.0 Å². The number of carbonyl (C=O) groups is 1. The molecule has 0 aromatic carbocycles. The smallest absolute Gasteiger partial charge is 0.108 e. The number of carboxylic acid groups (broad SMARTS) is 1. The van der Waals surface area contributed by atoms with Crippen LogP contribution >= 0.6 is 0 Å². The number of hydrogen-bond donors (Lipinski definition) is 2. The summed E-state index contributed by atoms with van der Waals surface area (Å²) in [7, 11) is 0. The summed E-state index contributed by atoms with van der Waals surface area (Å²) in [5.41, 5.74) is -3.09. The maximum atomic E-state index is 10.4. The molecule has 0 aliphatic heterocycles. The molecule has 0 amide bonds. The minimum atomic E-state index is -2.00. The molecule has 2 N–H and O–H groups in total. The van der Waals surface area contributed by atoms with E-state index in [0.717, 1.165) is 6.92 Å². The van der Waals surface area contributed by atoms with Crippen molar-refractivity contribution in [3.05, 3.63) is 0 Å². The second-order valence-electron chi connectivity index (χ2n) is 3.40. The highest BCUT2D eigenvalue weighted by Crippen LogP contribution is 2.29. The molecule has 0 aliphatic rings. The lowest BCUT2D eigenvalue weighted by Gasteiger charge is -2.39. The lowest BCUT2D eigenvalue weighted by molar-refractivity contribution is -0.331. The van der Waals surface area contributed by atoms with Gasteiger partial charge in [-0.15, -0.1) is 0 Å². The summed E-state index contributed by atoms with van der Waals surface area (Å²) in [4.78, 5) is 10.4. The molecule has 0 saturated heterocycles. The summed E-state index contributed by atoms with van der Waals surface area (Å²) < 4.78 is 0. The maximum Gasteiger partial charge on any atom is 0.108 e. The highest BCUT2D eigenvalue weighted by atomic mass is 16.4. The van der Waals surface area contributed by atoms with Gasteiger partial charge >= 0.3 is 0 Å². The maximum absolute atomic E-state index is 10.4. The zero-order chi connectivity index (χ0) is 9.28. The standard InChI is InChI=1S/C7H14O4/c1-6(2,4-8)7(3,11)5(9)10/h8,11H,4H2,1-3H3,(H,9,10)/p-1. The van der Waals surface area contributed by atoms with Crippen LogP contribution < -0.4 is 5.11 Å². The Hall–Kier alpha value is -0.610. The summed E-state index contributed by atoms with van der Waals surface area (Å²) in [5.74, 6) is -1.57. The molecule has 0 aromatic rings. The van der Waals surface area contributed by atoms with Gasteiger partial charge < -0.3 is 20.1 Å². The van der Waals surface area contributed by atoms with E-state index in [0.29, 0.717) is 0 Å². The van der Waals surface area contributed by atoms with Crippen molar-refractivity contribution < 1.29 is 20.1 Å². The van der Waals surface area contributed by atoms with Gasteiger partial charge in [-0.3, -0.25) is 0 Å². The molecule has 1 atom stereocenters. The topological polar surface area (TPSA) is 80.6 Å². The molecular formula is C7H13O4-. The Bertz CT molecular complexity index is 160. The van der Waals surface area contributed by atoms with Crippen LogP contribution in [0.15, 0.2) is 0 Å². The van der Waals surface area contributed by atoms with E-state index in [1.165, 1.54) is 13.8 Å². The predicted molar refractivity (Wildman–Crippen MR) is 36.5 cm³/mol. The van der Waals surface area contributed by atoms with Crippen LogP contribution in [0.5, 0.6) is 0 Å². The second kappa shape index (κ2) is 2.79. The fourth-order valence-corrected chi connectivity index (χ4v) is 0.430. The Kier molecular flexibility index (Phi) is 2.64. The molecule has 0 radical (unpaired) electrons. The van der Waals surface area contributed by atoms with Crippen molar-refractivity contribution in [2.75, 3.05) is 6.61 Å². The van der Waals surface area contributed by atoms with E-state index in [-0.39, 0.29) is 0 Å². The molecule has 11 heavy (non-hydrogen) atoms. The molecular weight excluding hydrogens is 148 g/mol. The molecule has 0 aliphatic carbocycles. The molecule has 0 saturated carbocycles. The summed E-state index contributed by atoms with van der Waals surface area (Å²) in [6.07, 6.45) is 0. The number of carbonyl (C=O) groups excluding carboxylic acids is 1. The van der Waals surface area contributed by atoms with Crippen LogP contribution in [-0.2, 0) is 4.79 Å². The van der Waals surface area contributed by atoms with Gasteiger partial charge in [-0.1, -0.05) is 13.8 Å². The van der Waals surface area contributed by atoms with Gasteiger partial charge in [-0.2, -0.15) is 0 Å². The van der Waals surface area contributed by atoms with Gasteiger partial charge in [-0.25, -0.2) is 0 Å². The summed E-state index contributed by atoms with van der Waals surface area (Å²) in [5, 5.41) is 28.4.